The Kier molecular flexibility index (Phi) is 4.46. The van der Waals surface area contributed by atoms with E-state index in [2.05, 4.69) is 0 Å². The van der Waals surface area contributed by atoms with Crippen LogP contribution in [0.25, 0.3) is 0 Å². The molecule has 94 valence electrons. The molecule has 1 unspecified atom stereocenters. The van der Waals surface area contributed by atoms with E-state index >= 15 is 0 Å². The highest BCUT2D eigenvalue weighted by Crippen LogP contribution is 2.30. The smallest absolute Gasteiger partial charge is 0.0803 e. The fourth-order valence-corrected chi connectivity index (χ4v) is 4.40. The van der Waals surface area contributed by atoms with Gasteiger partial charge in [-0.25, -0.2) is 0 Å². The molecule has 2 N–H and O–H groups in total. The van der Waals surface area contributed by atoms with Crippen molar-refractivity contribution in [3.05, 3.63) is 23.2 Å². The van der Waals surface area contributed by atoms with Gasteiger partial charge in [-0.15, -0.1) is 0 Å². The van der Waals surface area contributed by atoms with Crippen LogP contribution >= 0.6 is 11.6 Å². The monoisotopic (exact) mass is 271 g/mol. The molecular formula is C13H18ClNOS. The summed E-state index contributed by atoms with van der Waals surface area (Å²) >= 11 is 6.07. The van der Waals surface area contributed by atoms with E-state index < -0.39 is 10.8 Å². The number of nitrogen functional groups attached to an aromatic ring is 1. The van der Waals surface area contributed by atoms with E-state index in [-0.39, 0.29) is 0 Å². The largest absolute Gasteiger partial charge is 0.398 e. The minimum Gasteiger partial charge on any atom is -0.398 e. The standard InChI is InChI=1S/C13H18ClNOS/c14-11-7-4-8-12(15)13(11)17(16)9-10-5-2-1-3-6-10/h4,7-8,10H,1-3,5-6,9,15H2. The van der Waals surface area contributed by atoms with Crippen molar-refractivity contribution in [2.75, 3.05) is 11.5 Å². The molecule has 1 aliphatic rings. The van der Waals surface area contributed by atoms with E-state index in [9.17, 15) is 4.21 Å². The Balaban J connectivity index is 2.08. The van der Waals surface area contributed by atoms with E-state index in [0.717, 1.165) is 0 Å². The number of rotatable bonds is 3. The van der Waals surface area contributed by atoms with Gasteiger partial charge in [-0.1, -0.05) is 36.9 Å². The molecule has 17 heavy (non-hydrogen) atoms. The van der Waals surface area contributed by atoms with Crippen LogP contribution in [0.3, 0.4) is 0 Å². The normalized spacial score (nSPS) is 19.1. The first-order valence-electron chi connectivity index (χ1n) is 6.11. The molecule has 0 saturated heterocycles. The van der Waals surface area contributed by atoms with Crippen LogP contribution in [0.2, 0.25) is 5.02 Å². The Morgan fingerprint density at radius 1 is 1.29 bits per heavy atom. The maximum Gasteiger partial charge on any atom is 0.0803 e. The molecule has 2 rings (SSSR count). The summed E-state index contributed by atoms with van der Waals surface area (Å²) in [7, 11) is -1.06. The second kappa shape index (κ2) is 5.87. The number of halogens is 1. The van der Waals surface area contributed by atoms with Crippen molar-refractivity contribution < 1.29 is 4.21 Å². The van der Waals surface area contributed by atoms with Crippen molar-refractivity contribution in [2.45, 2.75) is 37.0 Å². The van der Waals surface area contributed by atoms with Crippen LogP contribution < -0.4 is 5.73 Å². The van der Waals surface area contributed by atoms with Gasteiger partial charge in [0.05, 0.1) is 20.7 Å². The highest BCUT2D eigenvalue weighted by molar-refractivity contribution is 7.85. The molecule has 0 amide bonds. The van der Waals surface area contributed by atoms with E-state index in [1.807, 2.05) is 0 Å². The van der Waals surface area contributed by atoms with Gasteiger partial charge in [0.2, 0.25) is 0 Å². The SMILES string of the molecule is Nc1cccc(Cl)c1S(=O)CC1CCCCC1. The highest BCUT2D eigenvalue weighted by Gasteiger charge is 2.19. The number of anilines is 1. The Hall–Kier alpha value is -0.540. The van der Waals surface area contributed by atoms with E-state index in [1.54, 1.807) is 18.2 Å². The van der Waals surface area contributed by atoms with Crippen LogP contribution in [-0.4, -0.2) is 9.96 Å². The third kappa shape index (κ3) is 3.23. The van der Waals surface area contributed by atoms with Crippen molar-refractivity contribution in [1.29, 1.82) is 0 Å². The predicted molar refractivity (Wildman–Crippen MR) is 73.7 cm³/mol. The average Bonchev–Trinajstić information content (AvgIpc) is 2.30. The summed E-state index contributed by atoms with van der Waals surface area (Å²) < 4.78 is 12.3. The van der Waals surface area contributed by atoms with E-state index in [0.29, 0.717) is 27.3 Å². The molecule has 1 aromatic carbocycles. The summed E-state index contributed by atoms with van der Waals surface area (Å²) in [6.07, 6.45) is 6.23. The summed E-state index contributed by atoms with van der Waals surface area (Å²) in [5, 5.41) is 0.527. The van der Waals surface area contributed by atoms with Crippen molar-refractivity contribution in [3.8, 4) is 0 Å². The predicted octanol–water partition coefficient (Wildman–Crippen LogP) is 3.61. The lowest BCUT2D eigenvalue weighted by atomic mass is 9.91. The van der Waals surface area contributed by atoms with E-state index in [4.69, 9.17) is 17.3 Å². The summed E-state index contributed by atoms with van der Waals surface area (Å²) in [4.78, 5) is 0.625. The van der Waals surface area contributed by atoms with Crippen LogP contribution in [0.5, 0.6) is 0 Å². The minimum absolute atomic E-state index is 0.527. The van der Waals surface area contributed by atoms with Crippen LogP contribution in [-0.2, 0) is 10.8 Å². The third-order valence-electron chi connectivity index (χ3n) is 3.34. The molecule has 0 radical (unpaired) electrons. The second-order valence-electron chi connectivity index (χ2n) is 4.67. The molecule has 0 aliphatic heterocycles. The first-order valence-corrected chi connectivity index (χ1v) is 7.80. The van der Waals surface area contributed by atoms with Crippen molar-refractivity contribution in [1.82, 2.24) is 0 Å². The lowest BCUT2D eigenvalue weighted by Crippen LogP contribution is -2.15. The lowest BCUT2D eigenvalue weighted by molar-refractivity contribution is 0.388. The summed E-state index contributed by atoms with van der Waals surface area (Å²) in [5.41, 5.74) is 6.40. The summed E-state index contributed by atoms with van der Waals surface area (Å²) in [6.45, 7) is 0. The molecule has 1 aromatic rings. The molecule has 4 heteroatoms. The second-order valence-corrected chi connectivity index (χ2v) is 6.51. The number of hydrogen-bond donors (Lipinski definition) is 1. The maximum atomic E-state index is 12.3. The quantitative estimate of drug-likeness (QED) is 0.854. The van der Waals surface area contributed by atoms with Crippen molar-refractivity contribution in [3.63, 3.8) is 0 Å². The minimum atomic E-state index is -1.06. The molecule has 0 bridgehead atoms. The number of benzene rings is 1. The van der Waals surface area contributed by atoms with Gasteiger partial charge in [-0.2, -0.15) is 0 Å². The molecule has 2 nitrogen and oxygen atoms in total. The summed E-state index contributed by atoms with van der Waals surface area (Å²) in [6, 6.07) is 5.31. The van der Waals surface area contributed by atoms with Gasteiger partial charge in [0, 0.05) is 11.4 Å². The van der Waals surface area contributed by atoms with Gasteiger partial charge in [0.25, 0.3) is 0 Å². The zero-order valence-electron chi connectivity index (χ0n) is 9.82. The van der Waals surface area contributed by atoms with Gasteiger partial charge in [0.15, 0.2) is 0 Å². The highest BCUT2D eigenvalue weighted by atomic mass is 35.5. The zero-order valence-corrected chi connectivity index (χ0v) is 11.4. The first kappa shape index (κ1) is 12.9. The van der Waals surface area contributed by atoms with Gasteiger partial charge < -0.3 is 5.73 Å². The topological polar surface area (TPSA) is 43.1 Å². The Morgan fingerprint density at radius 3 is 2.65 bits per heavy atom. The fraction of sp³-hybridized carbons (Fsp3) is 0.538. The van der Waals surface area contributed by atoms with Crippen LogP contribution in [0, 0.1) is 5.92 Å². The lowest BCUT2D eigenvalue weighted by Gasteiger charge is -2.21. The fourth-order valence-electron chi connectivity index (χ4n) is 2.42. The molecule has 0 spiro atoms. The van der Waals surface area contributed by atoms with Crippen LogP contribution in [0.15, 0.2) is 23.1 Å². The molecule has 1 aliphatic carbocycles. The Morgan fingerprint density at radius 2 is 2.00 bits per heavy atom. The van der Waals surface area contributed by atoms with Gasteiger partial charge >= 0.3 is 0 Å². The molecule has 1 fully saturated rings. The van der Waals surface area contributed by atoms with Gasteiger partial charge in [0.1, 0.15) is 0 Å². The molecule has 1 atom stereocenters. The first-order chi connectivity index (χ1) is 8.18. The zero-order chi connectivity index (χ0) is 12.3. The third-order valence-corrected chi connectivity index (χ3v) is 5.45. The van der Waals surface area contributed by atoms with Crippen LogP contribution in [0.1, 0.15) is 32.1 Å². The number of hydrogen-bond acceptors (Lipinski definition) is 2. The van der Waals surface area contributed by atoms with Crippen molar-refractivity contribution in [2.24, 2.45) is 5.92 Å². The molecule has 0 aromatic heterocycles. The van der Waals surface area contributed by atoms with Crippen molar-refractivity contribution >= 4 is 28.1 Å². The molecular weight excluding hydrogens is 254 g/mol. The van der Waals surface area contributed by atoms with Gasteiger partial charge in [-0.3, -0.25) is 4.21 Å². The van der Waals surface area contributed by atoms with E-state index in [1.165, 1.54) is 32.1 Å². The molecule has 0 heterocycles. The average molecular weight is 272 g/mol. The van der Waals surface area contributed by atoms with Gasteiger partial charge in [-0.05, 0) is 30.9 Å². The van der Waals surface area contributed by atoms with Crippen LogP contribution in [0.4, 0.5) is 5.69 Å². The summed E-state index contributed by atoms with van der Waals surface area (Å²) in [5.74, 6) is 1.27. The Bertz CT molecular complexity index is 396. The Labute approximate surface area is 110 Å². The molecule has 1 saturated carbocycles. The number of nitrogens with two attached hydrogens (primary N) is 1. The maximum absolute atomic E-state index is 12.3.